The molecule has 0 saturated carbocycles. The molecule has 2 rings (SSSR count). The molecule has 0 bridgehead atoms. The summed E-state index contributed by atoms with van der Waals surface area (Å²) in [7, 11) is 0. The average Bonchev–Trinajstić information content (AvgIpc) is 2.70. The van der Waals surface area contributed by atoms with Crippen LogP contribution in [0.3, 0.4) is 0 Å². The van der Waals surface area contributed by atoms with Crippen molar-refractivity contribution in [1.82, 2.24) is 9.97 Å². The van der Waals surface area contributed by atoms with E-state index in [1.54, 1.807) is 24.5 Å². The highest BCUT2D eigenvalue weighted by atomic mass is 35.5. The first kappa shape index (κ1) is 12.4. The zero-order valence-corrected chi connectivity index (χ0v) is 10.8. The molecule has 1 atom stereocenters. The van der Waals surface area contributed by atoms with Crippen LogP contribution in [-0.4, -0.2) is 15.1 Å². The fourth-order valence-electron chi connectivity index (χ4n) is 1.72. The lowest BCUT2D eigenvalue weighted by Crippen LogP contribution is -2.05. The number of hydrogen-bond donors (Lipinski definition) is 2. The Kier molecular flexibility index (Phi) is 3.72. The number of nitrogens with zero attached hydrogens (tertiary/aromatic N) is 1. The third-order valence-corrected chi connectivity index (χ3v) is 3.35. The van der Waals surface area contributed by atoms with Gasteiger partial charge in [-0.25, -0.2) is 4.98 Å². The molecule has 5 heteroatoms. The molecule has 3 nitrogen and oxygen atoms in total. The molecule has 1 unspecified atom stereocenters. The van der Waals surface area contributed by atoms with Crippen LogP contribution in [0.15, 0.2) is 24.5 Å². The molecule has 90 valence electrons. The van der Waals surface area contributed by atoms with Crippen LogP contribution in [-0.2, 0) is 6.42 Å². The Bertz CT molecular complexity index is 505. The highest BCUT2D eigenvalue weighted by molar-refractivity contribution is 6.35. The minimum absolute atomic E-state index is 0.351. The van der Waals surface area contributed by atoms with Crippen LogP contribution in [0.4, 0.5) is 0 Å². The van der Waals surface area contributed by atoms with Crippen molar-refractivity contribution in [1.29, 1.82) is 0 Å². The van der Waals surface area contributed by atoms with E-state index in [1.807, 2.05) is 6.92 Å². The Morgan fingerprint density at radius 1 is 1.35 bits per heavy atom. The maximum atomic E-state index is 10.1. The predicted octanol–water partition coefficient (Wildman–Crippen LogP) is 3.30. The zero-order valence-electron chi connectivity index (χ0n) is 9.24. The lowest BCUT2D eigenvalue weighted by molar-refractivity contribution is 0.173. The van der Waals surface area contributed by atoms with Gasteiger partial charge in [-0.1, -0.05) is 29.3 Å². The molecular formula is C12H12Cl2N2O. The van der Waals surface area contributed by atoms with Crippen LogP contribution in [0.25, 0.3) is 0 Å². The standard InChI is InChI=1S/C12H12Cl2N2O/c1-7-12(16-6-15-7)11(17)5-8-9(13)3-2-4-10(8)14/h2-4,6,11,17H,5H2,1H3,(H,15,16). The van der Waals surface area contributed by atoms with E-state index in [-0.39, 0.29) is 0 Å². The highest BCUT2D eigenvalue weighted by Gasteiger charge is 2.16. The third kappa shape index (κ3) is 2.63. The largest absolute Gasteiger partial charge is 0.386 e. The quantitative estimate of drug-likeness (QED) is 0.899. The molecular weight excluding hydrogens is 259 g/mol. The summed E-state index contributed by atoms with van der Waals surface area (Å²) in [6.07, 6.45) is 1.20. The number of H-pyrrole nitrogens is 1. The number of aromatic amines is 1. The van der Waals surface area contributed by atoms with Crippen molar-refractivity contribution in [2.45, 2.75) is 19.4 Å². The van der Waals surface area contributed by atoms with Gasteiger partial charge in [0.05, 0.1) is 12.0 Å². The van der Waals surface area contributed by atoms with Crippen molar-refractivity contribution in [2.75, 3.05) is 0 Å². The van der Waals surface area contributed by atoms with Crippen LogP contribution in [0.2, 0.25) is 10.0 Å². The number of benzene rings is 1. The van der Waals surface area contributed by atoms with Crippen molar-refractivity contribution >= 4 is 23.2 Å². The van der Waals surface area contributed by atoms with Gasteiger partial charge in [0, 0.05) is 22.2 Å². The third-order valence-electron chi connectivity index (χ3n) is 2.64. The van der Waals surface area contributed by atoms with Crippen molar-refractivity contribution in [3.05, 3.63) is 51.5 Å². The summed E-state index contributed by atoms with van der Waals surface area (Å²) < 4.78 is 0. The monoisotopic (exact) mass is 270 g/mol. The first-order valence-corrected chi connectivity index (χ1v) is 5.96. The van der Waals surface area contributed by atoms with Crippen molar-refractivity contribution < 1.29 is 5.11 Å². The highest BCUT2D eigenvalue weighted by Crippen LogP contribution is 2.29. The molecule has 0 spiro atoms. The maximum Gasteiger partial charge on any atom is 0.102 e. The summed E-state index contributed by atoms with van der Waals surface area (Å²) >= 11 is 12.1. The second kappa shape index (κ2) is 5.08. The lowest BCUT2D eigenvalue weighted by atomic mass is 10.0. The van der Waals surface area contributed by atoms with Gasteiger partial charge in [-0.05, 0) is 24.6 Å². The molecule has 0 fully saturated rings. The number of rotatable bonds is 3. The van der Waals surface area contributed by atoms with E-state index in [0.717, 1.165) is 11.3 Å². The molecule has 2 N–H and O–H groups in total. The van der Waals surface area contributed by atoms with E-state index in [0.29, 0.717) is 22.2 Å². The molecule has 1 heterocycles. The van der Waals surface area contributed by atoms with E-state index in [9.17, 15) is 5.11 Å². The number of aliphatic hydroxyl groups is 1. The van der Waals surface area contributed by atoms with Crippen LogP contribution in [0.5, 0.6) is 0 Å². The molecule has 2 aromatic rings. The minimum atomic E-state index is -0.710. The Morgan fingerprint density at radius 3 is 2.53 bits per heavy atom. The van der Waals surface area contributed by atoms with Gasteiger partial charge < -0.3 is 10.1 Å². The Labute approximate surface area is 109 Å². The number of hydrogen-bond acceptors (Lipinski definition) is 2. The van der Waals surface area contributed by atoms with E-state index in [4.69, 9.17) is 23.2 Å². The van der Waals surface area contributed by atoms with Crippen molar-refractivity contribution in [3.63, 3.8) is 0 Å². The summed E-state index contributed by atoms with van der Waals surface area (Å²) in [5.74, 6) is 0. The molecule has 0 radical (unpaired) electrons. The minimum Gasteiger partial charge on any atom is -0.386 e. The molecule has 0 aliphatic rings. The molecule has 1 aromatic heterocycles. The summed E-state index contributed by atoms with van der Waals surface area (Å²) in [6, 6.07) is 5.29. The van der Waals surface area contributed by atoms with Gasteiger partial charge in [0.2, 0.25) is 0 Å². The number of aryl methyl sites for hydroxylation is 1. The van der Waals surface area contributed by atoms with Gasteiger partial charge in [0.1, 0.15) is 6.10 Å². The Balaban J connectivity index is 2.25. The zero-order chi connectivity index (χ0) is 12.4. The number of aliphatic hydroxyl groups excluding tert-OH is 1. The van der Waals surface area contributed by atoms with Gasteiger partial charge in [-0.2, -0.15) is 0 Å². The summed E-state index contributed by atoms with van der Waals surface area (Å²) in [5, 5.41) is 11.2. The van der Waals surface area contributed by atoms with E-state index in [2.05, 4.69) is 9.97 Å². The number of imidazole rings is 1. The van der Waals surface area contributed by atoms with E-state index < -0.39 is 6.10 Å². The lowest BCUT2D eigenvalue weighted by Gasteiger charge is -2.12. The van der Waals surface area contributed by atoms with Gasteiger partial charge in [0.15, 0.2) is 0 Å². The van der Waals surface area contributed by atoms with Gasteiger partial charge in [-0.15, -0.1) is 0 Å². The Morgan fingerprint density at radius 2 is 2.00 bits per heavy atom. The van der Waals surface area contributed by atoms with Gasteiger partial charge in [-0.3, -0.25) is 0 Å². The SMILES string of the molecule is Cc1[nH]cnc1C(O)Cc1c(Cl)cccc1Cl. The Hall–Kier alpha value is -1.03. The number of aromatic nitrogens is 2. The smallest absolute Gasteiger partial charge is 0.102 e. The normalized spacial score (nSPS) is 12.7. The van der Waals surface area contributed by atoms with Crippen molar-refractivity contribution in [3.8, 4) is 0 Å². The first-order valence-electron chi connectivity index (χ1n) is 5.20. The second-order valence-corrected chi connectivity index (χ2v) is 4.65. The molecule has 0 aliphatic carbocycles. The van der Waals surface area contributed by atoms with Crippen LogP contribution < -0.4 is 0 Å². The van der Waals surface area contributed by atoms with Gasteiger partial charge >= 0.3 is 0 Å². The summed E-state index contributed by atoms with van der Waals surface area (Å²) in [6.45, 7) is 1.86. The van der Waals surface area contributed by atoms with Crippen molar-refractivity contribution in [2.24, 2.45) is 0 Å². The fraction of sp³-hybridized carbons (Fsp3) is 0.250. The molecule has 0 saturated heterocycles. The molecule has 0 amide bonds. The van der Waals surface area contributed by atoms with E-state index in [1.165, 1.54) is 0 Å². The second-order valence-electron chi connectivity index (χ2n) is 3.83. The molecule has 0 aliphatic heterocycles. The fourth-order valence-corrected chi connectivity index (χ4v) is 2.27. The van der Waals surface area contributed by atoms with Crippen LogP contribution in [0.1, 0.15) is 23.1 Å². The predicted molar refractivity (Wildman–Crippen MR) is 68.5 cm³/mol. The van der Waals surface area contributed by atoms with Crippen LogP contribution >= 0.6 is 23.2 Å². The molecule has 1 aromatic carbocycles. The molecule has 17 heavy (non-hydrogen) atoms. The van der Waals surface area contributed by atoms with E-state index >= 15 is 0 Å². The maximum absolute atomic E-state index is 10.1. The average molecular weight is 271 g/mol. The number of halogens is 2. The number of nitrogens with one attached hydrogen (secondary N) is 1. The summed E-state index contributed by atoms with van der Waals surface area (Å²) in [4.78, 5) is 7.01. The van der Waals surface area contributed by atoms with Crippen LogP contribution in [0, 0.1) is 6.92 Å². The topological polar surface area (TPSA) is 48.9 Å². The first-order chi connectivity index (χ1) is 8.09. The summed E-state index contributed by atoms with van der Waals surface area (Å²) in [5.41, 5.74) is 2.22. The van der Waals surface area contributed by atoms with Gasteiger partial charge in [0.25, 0.3) is 0 Å².